The minimum Gasteiger partial charge on any atom is -0.492 e. The summed E-state index contributed by atoms with van der Waals surface area (Å²) in [6.45, 7) is 2.33. The zero-order valence-electron chi connectivity index (χ0n) is 12.5. The van der Waals surface area contributed by atoms with Crippen molar-refractivity contribution in [2.45, 2.75) is 38.6 Å². The first kappa shape index (κ1) is 16.6. The summed E-state index contributed by atoms with van der Waals surface area (Å²) in [6.07, 6.45) is 1.98. The van der Waals surface area contributed by atoms with Gasteiger partial charge in [-0.05, 0) is 32.3 Å². The molecule has 0 aliphatic heterocycles. The van der Waals surface area contributed by atoms with Gasteiger partial charge >= 0.3 is 5.97 Å². The highest BCUT2D eigenvalue weighted by atomic mass is 35.5. The SMILES string of the molecule is CCOc1c(Cl)cccc1CC(=O)N[C@H]1CC[C@@H](C(=O)O)C1. The van der Waals surface area contributed by atoms with E-state index in [0.717, 1.165) is 5.56 Å². The third-order valence-corrected chi connectivity index (χ3v) is 4.13. The first-order chi connectivity index (χ1) is 10.5. The molecule has 0 radical (unpaired) electrons. The van der Waals surface area contributed by atoms with Crippen LogP contribution in [0.5, 0.6) is 5.75 Å². The predicted octanol–water partition coefficient (Wildman–Crippen LogP) is 2.65. The minimum absolute atomic E-state index is 0.0664. The second-order valence-corrected chi connectivity index (χ2v) is 5.86. The number of halogens is 1. The van der Waals surface area contributed by atoms with Gasteiger partial charge in [0, 0.05) is 11.6 Å². The van der Waals surface area contributed by atoms with Crippen LogP contribution in [0.4, 0.5) is 0 Å². The molecule has 2 atom stereocenters. The lowest BCUT2D eigenvalue weighted by Gasteiger charge is -2.15. The smallest absolute Gasteiger partial charge is 0.306 e. The number of carboxylic acid groups (broad SMARTS) is 1. The average molecular weight is 326 g/mol. The van der Waals surface area contributed by atoms with Crippen LogP contribution in [0.3, 0.4) is 0 Å². The number of ether oxygens (including phenoxy) is 1. The van der Waals surface area contributed by atoms with Crippen molar-refractivity contribution in [2.75, 3.05) is 6.61 Å². The largest absolute Gasteiger partial charge is 0.492 e. The van der Waals surface area contributed by atoms with E-state index in [-0.39, 0.29) is 24.3 Å². The van der Waals surface area contributed by atoms with Gasteiger partial charge in [0.25, 0.3) is 0 Å². The Balaban J connectivity index is 1.95. The zero-order valence-corrected chi connectivity index (χ0v) is 13.2. The van der Waals surface area contributed by atoms with Crippen molar-refractivity contribution in [2.24, 2.45) is 5.92 Å². The number of aliphatic carboxylic acids is 1. The van der Waals surface area contributed by atoms with E-state index in [1.165, 1.54) is 0 Å². The molecule has 2 rings (SSSR count). The maximum Gasteiger partial charge on any atom is 0.306 e. The molecule has 0 heterocycles. The van der Waals surface area contributed by atoms with Crippen LogP contribution < -0.4 is 10.1 Å². The van der Waals surface area contributed by atoms with Crippen LogP contribution >= 0.6 is 11.6 Å². The molecule has 0 aromatic heterocycles. The molecule has 1 fully saturated rings. The van der Waals surface area contributed by atoms with Gasteiger partial charge in [0.2, 0.25) is 5.91 Å². The molecule has 22 heavy (non-hydrogen) atoms. The number of rotatable bonds is 6. The van der Waals surface area contributed by atoms with Gasteiger partial charge in [0.1, 0.15) is 5.75 Å². The Morgan fingerprint density at radius 2 is 2.18 bits per heavy atom. The van der Waals surface area contributed by atoms with Gasteiger partial charge in [-0.2, -0.15) is 0 Å². The summed E-state index contributed by atoms with van der Waals surface area (Å²) in [5.74, 6) is -0.739. The Hall–Kier alpha value is -1.75. The normalized spacial score (nSPS) is 20.6. The Morgan fingerprint density at radius 1 is 1.41 bits per heavy atom. The molecule has 0 unspecified atom stereocenters. The molecule has 1 aliphatic rings. The molecule has 2 N–H and O–H groups in total. The van der Waals surface area contributed by atoms with E-state index in [9.17, 15) is 9.59 Å². The Kier molecular flexibility index (Phi) is 5.66. The number of hydrogen-bond acceptors (Lipinski definition) is 3. The fourth-order valence-corrected chi connectivity index (χ4v) is 3.04. The van der Waals surface area contributed by atoms with Crippen LogP contribution in [-0.2, 0) is 16.0 Å². The van der Waals surface area contributed by atoms with Crippen LogP contribution in [-0.4, -0.2) is 29.6 Å². The molecule has 0 saturated heterocycles. The van der Waals surface area contributed by atoms with E-state index in [0.29, 0.717) is 36.6 Å². The van der Waals surface area contributed by atoms with Crippen LogP contribution in [0.25, 0.3) is 0 Å². The highest BCUT2D eigenvalue weighted by Gasteiger charge is 2.30. The lowest BCUT2D eigenvalue weighted by Crippen LogP contribution is -2.34. The van der Waals surface area contributed by atoms with Crippen molar-refractivity contribution in [3.8, 4) is 5.75 Å². The zero-order chi connectivity index (χ0) is 16.1. The fraction of sp³-hybridized carbons (Fsp3) is 0.500. The molecule has 1 saturated carbocycles. The van der Waals surface area contributed by atoms with E-state index in [1.54, 1.807) is 12.1 Å². The van der Waals surface area contributed by atoms with Crippen molar-refractivity contribution in [3.05, 3.63) is 28.8 Å². The molecule has 0 spiro atoms. The molecule has 1 aliphatic carbocycles. The maximum atomic E-state index is 12.2. The van der Waals surface area contributed by atoms with Gasteiger partial charge in [0.15, 0.2) is 0 Å². The highest BCUT2D eigenvalue weighted by molar-refractivity contribution is 6.32. The van der Waals surface area contributed by atoms with Gasteiger partial charge in [-0.15, -0.1) is 0 Å². The molecule has 120 valence electrons. The van der Waals surface area contributed by atoms with Gasteiger partial charge in [0.05, 0.1) is 24.0 Å². The summed E-state index contributed by atoms with van der Waals surface area (Å²) in [5.41, 5.74) is 0.736. The Morgan fingerprint density at radius 3 is 2.82 bits per heavy atom. The molecule has 5 nitrogen and oxygen atoms in total. The Labute approximate surface area is 134 Å². The van der Waals surface area contributed by atoms with Crippen LogP contribution in [0.15, 0.2) is 18.2 Å². The van der Waals surface area contributed by atoms with Crippen LogP contribution in [0.1, 0.15) is 31.7 Å². The summed E-state index contributed by atoms with van der Waals surface area (Å²) in [6, 6.07) is 5.25. The molecule has 1 aromatic carbocycles. The average Bonchev–Trinajstić information content (AvgIpc) is 2.91. The van der Waals surface area contributed by atoms with Crippen molar-refractivity contribution >= 4 is 23.5 Å². The predicted molar refractivity (Wildman–Crippen MR) is 83.2 cm³/mol. The van der Waals surface area contributed by atoms with Crippen LogP contribution in [0, 0.1) is 5.92 Å². The number of amides is 1. The first-order valence-electron chi connectivity index (χ1n) is 7.43. The number of hydrogen-bond donors (Lipinski definition) is 2. The summed E-state index contributed by atoms with van der Waals surface area (Å²) in [4.78, 5) is 23.1. The van der Waals surface area contributed by atoms with Gasteiger partial charge in [-0.3, -0.25) is 9.59 Å². The van der Waals surface area contributed by atoms with Gasteiger partial charge < -0.3 is 15.2 Å². The van der Waals surface area contributed by atoms with E-state index >= 15 is 0 Å². The van der Waals surface area contributed by atoms with Crippen molar-refractivity contribution < 1.29 is 19.4 Å². The Bertz CT molecular complexity index is 561. The number of carboxylic acids is 1. The summed E-state index contributed by atoms with van der Waals surface area (Å²) >= 11 is 6.09. The quantitative estimate of drug-likeness (QED) is 0.843. The lowest BCUT2D eigenvalue weighted by molar-refractivity contribution is -0.141. The van der Waals surface area contributed by atoms with Crippen LogP contribution in [0.2, 0.25) is 5.02 Å². The number of carbonyl (C=O) groups is 2. The van der Waals surface area contributed by atoms with E-state index < -0.39 is 5.97 Å². The van der Waals surface area contributed by atoms with Gasteiger partial charge in [-0.25, -0.2) is 0 Å². The lowest BCUT2D eigenvalue weighted by atomic mass is 10.1. The summed E-state index contributed by atoms with van der Waals surface area (Å²) < 4.78 is 5.50. The highest BCUT2D eigenvalue weighted by Crippen LogP contribution is 2.29. The number of carbonyl (C=O) groups excluding carboxylic acids is 1. The third kappa shape index (κ3) is 4.13. The monoisotopic (exact) mass is 325 g/mol. The summed E-state index contributed by atoms with van der Waals surface area (Å²) in [7, 11) is 0. The van der Waals surface area contributed by atoms with Gasteiger partial charge in [-0.1, -0.05) is 23.7 Å². The number of benzene rings is 1. The number of nitrogens with one attached hydrogen (secondary N) is 1. The van der Waals surface area contributed by atoms with Crippen molar-refractivity contribution in [3.63, 3.8) is 0 Å². The molecular formula is C16H20ClNO4. The second kappa shape index (κ2) is 7.49. The molecule has 1 amide bonds. The molecule has 0 bridgehead atoms. The molecule has 6 heteroatoms. The fourth-order valence-electron chi connectivity index (χ4n) is 2.79. The standard InChI is InChI=1S/C16H20ClNO4/c1-2-22-15-10(4-3-5-13(15)17)9-14(19)18-12-7-6-11(8-12)16(20)21/h3-5,11-12H,2,6-9H2,1H3,(H,18,19)(H,20,21)/t11-,12+/m1/s1. The topological polar surface area (TPSA) is 75.6 Å². The maximum absolute atomic E-state index is 12.2. The molecule has 1 aromatic rings. The summed E-state index contributed by atoms with van der Waals surface area (Å²) in [5, 5.41) is 12.4. The second-order valence-electron chi connectivity index (χ2n) is 5.45. The van der Waals surface area contributed by atoms with E-state index in [4.69, 9.17) is 21.4 Å². The molecular weight excluding hydrogens is 306 g/mol. The van der Waals surface area contributed by atoms with E-state index in [2.05, 4.69) is 5.32 Å². The number of para-hydroxylation sites is 1. The first-order valence-corrected chi connectivity index (χ1v) is 7.81. The minimum atomic E-state index is -0.787. The van der Waals surface area contributed by atoms with Crippen molar-refractivity contribution in [1.82, 2.24) is 5.32 Å². The van der Waals surface area contributed by atoms with Crippen molar-refractivity contribution in [1.29, 1.82) is 0 Å². The van der Waals surface area contributed by atoms with E-state index in [1.807, 2.05) is 13.0 Å². The third-order valence-electron chi connectivity index (χ3n) is 3.84.